The molecule has 2 aromatic rings. The lowest BCUT2D eigenvalue weighted by molar-refractivity contribution is 0.0486. The van der Waals surface area contributed by atoms with Gasteiger partial charge in [-0.15, -0.1) is 0 Å². The van der Waals surface area contributed by atoms with Crippen molar-refractivity contribution in [3.63, 3.8) is 0 Å². The quantitative estimate of drug-likeness (QED) is 0.480. The lowest BCUT2D eigenvalue weighted by atomic mass is 10.0. The molecule has 1 atom stereocenters. The van der Waals surface area contributed by atoms with Crippen molar-refractivity contribution in [1.82, 2.24) is 30.3 Å². The van der Waals surface area contributed by atoms with Gasteiger partial charge in [-0.3, -0.25) is 4.99 Å². The Morgan fingerprint density at radius 1 is 1.31 bits per heavy atom. The number of hydrogen-bond acceptors (Lipinski definition) is 5. The van der Waals surface area contributed by atoms with Crippen LogP contribution in [0, 0.1) is 5.92 Å². The van der Waals surface area contributed by atoms with E-state index in [9.17, 15) is 4.79 Å². The summed E-state index contributed by atoms with van der Waals surface area (Å²) in [4.78, 5) is 23.0. The number of aromatic nitrogens is 3. The third-order valence-corrected chi connectivity index (χ3v) is 4.86. The van der Waals surface area contributed by atoms with Gasteiger partial charge in [0.25, 0.3) is 0 Å². The Hall–Kier alpha value is -3.10. The summed E-state index contributed by atoms with van der Waals surface area (Å²) >= 11 is 0. The average molecular weight is 444 g/mol. The van der Waals surface area contributed by atoms with E-state index in [1.165, 1.54) is 0 Å². The second kappa shape index (κ2) is 11.5. The molecule has 0 saturated heterocycles. The summed E-state index contributed by atoms with van der Waals surface area (Å²) in [5.41, 5.74) is 0.560. The van der Waals surface area contributed by atoms with Crippen LogP contribution in [0.2, 0.25) is 0 Å². The average Bonchev–Trinajstić information content (AvgIpc) is 3.25. The second-order valence-electron chi connectivity index (χ2n) is 9.08. The highest BCUT2D eigenvalue weighted by molar-refractivity contribution is 5.79. The van der Waals surface area contributed by atoms with Crippen LogP contribution in [0.15, 0.2) is 41.8 Å². The summed E-state index contributed by atoms with van der Waals surface area (Å²) in [6.45, 7) is 11.1. The molecule has 1 amide bonds. The van der Waals surface area contributed by atoms with Gasteiger partial charge in [0.15, 0.2) is 11.8 Å². The number of carbonyl (C=O) groups excluding carboxylic acids is 1. The molecule has 0 saturated carbocycles. The van der Waals surface area contributed by atoms with Crippen molar-refractivity contribution < 1.29 is 9.53 Å². The van der Waals surface area contributed by atoms with Gasteiger partial charge in [0, 0.05) is 51.8 Å². The van der Waals surface area contributed by atoms with Gasteiger partial charge in [0.2, 0.25) is 0 Å². The highest BCUT2D eigenvalue weighted by atomic mass is 16.6. The standard InChI is InChI=1S/C23H37N7O2/c1-17(2)19(28-22(31)32-23(3,4)5)10-14-29(7)21(24-6)26-16-18-9-12-25-20(15-18)30-13-8-11-27-30/h8-9,11-13,15,17,19H,10,14,16H2,1-7H3,(H,24,26)(H,28,31). The van der Waals surface area contributed by atoms with Crippen molar-refractivity contribution in [2.24, 2.45) is 10.9 Å². The Bertz CT molecular complexity index is 873. The molecule has 2 rings (SSSR count). The lowest BCUT2D eigenvalue weighted by Crippen LogP contribution is -2.45. The van der Waals surface area contributed by atoms with Crippen LogP contribution in [0.1, 0.15) is 46.6 Å². The monoisotopic (exact) mass is 443 g/mol. The minimum absolute atomic E-state index is 0.00207. The van der Waals surface area contributed by atoms with Crippen molar-refractivity contribution in [1.29, 1.82) is 0 Å². The van der Waals surface area contributed by atoms with Gasteiger partial charge < -0.3 is 20.3 Å². The summed E-state index contributed by atoms with van der Waals surface area (Å²) in [5.74, 6) is 1.83. The zero-order chi connectivity index (χ0) is 23.7. The van der Waals surface area contributed by atoms with E-state index < -0.39 is 5.60 Å². The van der Waals surface area contributed by atoms with E-state index in [1.807, 2.05) is 52.2 Å². The lowest BCUT2D eigenvalue weighted by Gasteiger charge is -2.28. The Morgan fingerprint density at radius 2 is 2.06 bits per heavy atom. The smallest absolute Gasteiger partial charge is 0.407 e. The molecule has 32 heavy (non-hydrogen) atoms. The maximum Gasteiger partial charge on any atom is 0.407 e. The molecule has 0 aliphatic heterocycles. The molecule has 0 aromatic carbocycles. The molecular weight excluding hydrogens is 406 g/mol. The third-order valence-electron chi connectivity index (χ3n) is 4.86. The molecule has 0 aliphatic rings. The van der Waals surface area contributed by atoms with Crippen LogP contribution in [0.4, 0.5) is 4.79 Å². The number of nitrogens with one attached hydrogen (secondary N) is 2. The van der Waals surface area contributed by atoms with E-state index in [0.717, 1.165) is 30.3 Å². The topological polar surface area (TPSA) is 96.7 Å². The number of pyridine rings is 1. The van der Waals surface area contributed by atoms with Crippen LogP contribution >= 0.6 is 0 Å². The minimum Gasteiger partial charge on any atom is -0.444 e. The van der Waals surface area contributed by atoms with E-state index in [1.54, 1.807) is 24.1 Å². The number of aliphatic imine (C=N–C) groups is 1. The molecule has 2 aromatic heterocycles. The fourth-order valence-electron chi connectivity index (χ4n) is 3.14. The van der Waals surface area contributed by atoms with E-state index in [-0.39, 0.29) is 18.1 Å². The summed E-state index contributed by atoms with van der Waals surface area (Å²) in [5, 5.41) is 10.6. The van der Waals surface area contributed by atoms with Crippen molar-refractivity contribution in [3.05, 3.63) is 42.4 Å². The van der Waals surface area contributed by atoms with Crippen LogP contribution in [0.25, 0.3) is 5.82 Å². The molecular formula is C23H37N7O2. The number of ether oxygens (including phenoxy) is 1. The predicted octanol–water partition coefficient (Wildman–Crippen LogP) is 3.21. The molecule has 0 aliphatic carbocycles. The van der Waals surface area contributed by atoms with Crippen molar-refractivity contribution in [2.45, 2.75) is 59.2 Å². The van der Waals surface area contributed by atoms with Gasteiger partial charge >= 0.3 is 6.09 Å². The molecule has 9 nitrogen and oxygen atoms in total. The number of hydrogen-bond donors (Lipinski definition) is 2. The fraction of sp³-hybridized carbons (Fsp3) is 0.565. The molecule has 0 bridgehead atoms. The maximum atomic E-state index is 12.2. The summed E-state index contributed by atoms with van der Waals surface area (Å²) in [7, 11) is 3.75. The minimum atomic E-state index is -0.515. The SMILES string of the molecule is CN=C(NCc1ccnc(-n2cccn2)c1)N(C)CCC(NC(=O)OC(C)(C)C)C(C)C. The Labute approximate surface area is 191 Å². The first-order valence-electron chi connectivity index (χ1n) is 11.0. The third kappa shape index (κ3) is 8.20. The molecule has 2 heterocycles. The Morgan fingerprint density at radius 3 is 2.66 bits per heavy atom. The number of amides is 1. The molecule has 176 valence electrons. The normalized spacial score (nSPS) is 13.1. The molecule has 0 spiro atoms. The van der Waals surface area contributed by atoms with Gasteiger partial charge in [0.05, 0.1) is 0 Å². The first kappa shape index (κ1) is 25.2. The van der Waals surface area contributed by atoms with Crippen molar-refractivity contribution in [3.8, 4) is 5.82 Å². The highest BCUT2D eigenvalue weighted by Gasteiger charge is 2.22. The van der Waals surface area contributed by atoms with Crippen molar-refractivity contribution in [2.75, 3.05) is 20.6 Å². The van der Waals surface area contributed by atoms with E-state index in [2.05, 4.69) is 44.5 Å². The fourth-order valence-corrected chi connectivity index (χ4v) is 3.14. The van der Waals surface area contributed by atoms with Gasteiger partial charge in [0.1, 0.15) is 5.60 Å². The van der Waals surface area contributed by atoms with E-state index in [0.29, 0.717) is 6.54 Å². The van der Waals surface area contributed by atoms with Gasteiger partial charge in [-0.25, -0.2) is 14.5 Å². The van der Waals surface area contributed by atoms with E-state index in [4.69, 9.17) is 4.74 Å². The van der Waals surface area contributed by atoms with Crippen LogP contribution in [0.5, 0.6) is 0 Å². The van der Waals surface area contributed by atoms with E-state index >= 15 is 0 Å². The first-order valence-corrected chi connectivity index (χ1v) is 11.0. The highest BCUT2D eigenvalue weighted by Crippen LogP contribution is 2.11. The Kier molecular flexibility index (Phi) is 9.04. The number of alkyl carbamates (subject to hydrolysis) is 1. The number of nitrogens with zero attached hydrogens (tertiary/aromatic N) is 5. The molecule has 2 N–H and O–H groups in total. The van der Waals surface area contributed by atoms with Crippen LogP contribution in [0.3, 0.4) is 0 Å². The van der Waals surface area contributed by atoms with Crippen LogP contribution < -0.4 is 10.6 Å². The van der Waals surface area contributed by atoms with Crippen LogP contribution in [-0.2, 0) is 11.3 Å². The second-order valence-corrected chi connectivity index (χ2v) is 9.08. The summed E-state index contributed by atoms with van der Waals surface area (Å²) < 4.78 is 7.14. The summed E-state index contributed by atoms with van der Waals surface area (Å²) in [6.07, 6.45) is 5.75. The molecule has 9 heteroatoms. The molecule has 1 unspecified atom stereocenters. The number of carbonyl (C=O) groups is 1. The maximum absolute atomic E-state index is 12.2. The van der Waals surface area contributed by atoms with Gasteiger partial charge in [-0.1, -0.05) is 13.8 Å². The zero-order valence-corrected chi connectivity index (χ0v) is 20.3. The number of guanidine groups is 1. The zero-order valence-electron chi connectivity index (χ0n) is 20.3. The number of rotatable bonds is 8. The summed E-state index contributed by atoms with van der Waals surface area (Å²) in [6, 6.07) is 5.83. The predicted molar refractivity (Wildman–Crippen MR) is 127 cm³/mol. The Balaban J connectivity index is 1.90. The first-order chi connectivity index (χ1) is 15.1. The van der Waals surface area contributed by atoms with Gasteiger partial charge in [-0.05, 0) is 56.9 Å². The largest absolute Gasteiger partial charge is 0.444 e. The molecule has 0 radical (unpaired) electrons. The van der Waals surface area contributed by atoms with Gasteiger partial charge in [-0.2, -0.15) is 5.10 Å². The molecule has 0 fully saturated rings. The van der Waals surface area contributed by atoms with Crippen molar-refractivity contribution >= 4 is 12.1 Å². The van der Waals surface area contributed by atoms with Crippen LogP contribution in [-0.4, -0.2) is 64.0 Å².